The SMILES string of the molecule is CC1=C(c2nc(-c3ccccc3)no2)C(c2cccc(Cl)c2)NC(=O)N1c1ccc(C)c(F)c1. The number of rotatable bonds is 4. The van der Waals surface area contributed by atoms with Gasteiger partial charge in [-0.2, -0.15) is 4.98 Å². The Labute approximate surface area is 200 Å². The van der Waals surface area contributed by atoms with Crippen LogP contribution in [-0.2, 0) is 0 Å². The van der Waals surface area contributed by atoms with Crippen molar-refractivity contribution in [2.45, 2.75) is 19.9 Å². The Balaban J connectivity index is 1.67. The molecule has 0 saturated heterocycles. The first-order valence-electron chi connectivity index (χ1n) is 10.6. The maximum Gasteiger partial charge on any atom is 0.327 e. The van der Waals surface area contributed by atoms with Gasteiger partial charge < -0.3 is 9.84 Å². The van der Waals surface area contributed by atoms with Crippen LogP contribution in [0.2, 0.25) is 5.02 Å². The molecule has 5 rings (SSSR count). The monoisotopic (exact) mass is 474 g/mol. The summed E-state index contributed by atoms with van der Waals surface area (Å²) in [4.78, 5) is 19.3. The molecule has 1 unspecified atom stereocenters. The minimum Gasteiger partial charge on any atom is -0.334 e. The highest BCUT2D eigenvalue weighted by Crippen LogP contribution is 2.39. The van der Waals surface area contributed by atoms with Crippen molar-refractivity contribution in [3.8, 4) is 11.4 Å². The van der Waals surface area contributed by atoms with Crippen LogP contribution in [0.15, 0.2) is 83.0 Å². The van der Waals surface area contributed by atoms with Crippen LogP contribution in [0.4, 0.5) is 14.9 Å². The van der Waals surface area contributed by atoms with Gasteiger partial charge in [0.25, 0.3) is 5.89 Å². The van der Waals surface area contributed by atoms with Gasteiger partial charge >= 0.3 is 6.03 Å². The van der Waals surface area contributed by atoms with Gasteiger partial charge in [0.2, 0.25) is 5.82 Å². The summed E-state index contributed by atoms with van der Waals surface area (Å²) >= 11 is 6.24. The van der Waals surface area contributed by atoms with Crippen LogP contribution in [0.5, 0.6) is 0 Å². The number of carbonyl (C=O) groups excluding carboxylic acids is 1. The van der Waals surface area contributed by atoms with E-state index < -0.39 is 17.9 Å². The normalized spacial score (nSPS) is 16.1. The molecular formula is C26H20ClFN4O2. The summed E-state index contributed by atoms with van der Waals surface area (Å²) in [6.07, 6.45) is 0. The van der Waals surface area contributed by atoms with Gasteiger partial charge in [-0.1, -0.05) is 65.3 Å². The summed E-state index contributed by atoms with van der Waals surface area (Å²) in [5, 5.41) is 7.67. The average molecular weight is 475 g/mol. The van der Waals surface area contributed by atoms with Crippen molar-refractivity contribution in [3.05, 3.63) is 106 Å². The molecule has 1 aliphatic heterocycles. The third kappa shape index (κ3) is 3.95. The van der Waals surface area contributed by atoms with Gasteiger partial charge in [0.05, 0.1) is 17.3 Å². The van der Waals surface area contributed by atoms with Gasteiger partial charge in [0.1, 0.15) is 5.82 Å². The lowest BCUT2D eigenvalue weighted by molar-refractivity contribution is 0.244. The second kappa shape index (κ2) is 8.76. The van der Waals surface area contributed by atoms with Gasteiger partial charge in [-0.25, -0.2) is 9.18 Å². The first-order chi connectivity index (χ1) is 16.4. The fourth-order valence-electron chi connectivity index (χ4n) is 4.03. The molecule has 0 spiro atoms. The number of aromatic nitrogens is 2. The number of nitrogens with one attached hydrogen (secondary N) is 1. The number of aryl methyl sites for hydroxylation is 1. The van der Waals surface area contributed by atoms with Crippen LogP contribution in [0.1, 0.15) is 30.0 Å². The highest BCUT2D eigenvalue weighted by Gasteiger charge is 2.36. The Morgan fingerprint density at radius 2 is 1.82 bits per heavy atom. The molecule has 1 aliphatic rings. The predicted molar refractivity (Wildman–Crippen MR) is 129 cm³/mol. The van der Waals surface area contributed by atoms with Crippen LogP contribution in [0.3, 0.4) is 0 Å². The number of hydrogen-bond acceptors (Lipinski definition) is 4. The van der Waals surface area contributed by atoms with E-state index >= 15 is 0 Å². The molecule has 1 atom stereocenters. The number of nitrogens with zero attached hydrogens (tertiary/aromatic N) is 3. The molecule has 8 heteroatoms. The van der Waals surface area contributed by atoms with E-state index in [1.807, 2.05) is 42.5 Å². The summed E-state index contributed by atoms with van der Waals surface area (Å²) in [5.74, 6) is 0.269. The highest BCUT2D eigenvalue weighted by atomic mass is 35.5. The molecule has 3 aromatic carbocycles. The van der Waals surface area contributed by atoms with E-state index in [2.05, 4.69) is 15.5 Å². The molecule has 1 N–H and O–H groups in total. The van der Waals surface area contributed by atoms with Crippen molar-refractivity contribution in [1.82, 2.24) is 15.5 Å². The van der Waals surface area contributed by atoms with Crippen LogP contribution in [-0.4, -0.2) is 16.2 Å². The smallest absolute Gasteiger partial charge is 0.327 e. The molecule has 0 bridgehead atoms. The molecule has 0 radical (unpaired) electrons. The van der Waals surface area contributed by atoms with E-state index in [4.69, 9.17) is 16.1 Å². The third-order valence-electron chi connectivity index (χ3n) is 5.77. The van der Waals surface area contributed by atoms with Gasteiger partial charge in [-0.15, -0.1) is 0 Å². The number of allylic oxidation sites excluding steroid dienone is 1. The largest absolute Gasteiger partial charge is 0.334 e. The molecule has 2 heterocycles. The van der Waals surface area contributed by atoms with Crippen LogP contribution >= 0.6 is 11.6 Å². The second-order valence-electron chi connectivity index (χ2n) is 7.99. The molecule has 0 aliphatic carbocycles. The van der Waals surface area contributed by atoms with Crippen molar-refractivity contribution in [3.63, 3.8) is 0 Å². The molecule has 1 aromatic heterocycles. The third-order valence-corrected chi connectivity index (χ3v) is 6.00. The standard InChI is InChI=1S/C26H20ClFN4O2/c1-15-11-12-20(14-21(15)28)32-16(2)22(23(29-26(32)33)18-9-6-10-19(27)13-18)25-30-24(31-34-25)17-7-4-3-5-8-17/h3-14,23H,1-2H3,(H,29,33). The minimum absolute atomic E-state index is 0.249. The van der Waals surface area contributed by atoms with E-state index in [1.165, 1.54) is 11.0 Å². The Morgan fingerprint density at radius 1 is 1.03 bits per heavy atom. The Morgan fingerprint density at radius 3 is 2.56 bits per heavy atom. The molecule has 4 aromatic rings. The lowest BCUT2D eigenvalue weighted by Gasteiger charge is -2.35. The summed E-state index contributed by atoms with van der Waals surface area (Å²) in [5.41, 5.74) is 3.57. The molecule has 0 fully saturated rings. The van der Waals surface area contributed by atoms with Crippen molar-refractivity contribution in [1.29, 1.82) is 0 Å². The maximum atomic E-state index is 14.4. The molecular weight excluding hydrogens is 455 g/mol. The summed E-state index contributed by atoms with van der Waals surface area (Å²) in [6, 6.07) is 20.3. The first kappa shape index (κ1) is 21.9. The van der Waals surface area contributed by atoms with E-state index in [-0.39, 0.29) is 5.89 Å². The van der Waals surface area contributed by atoms with Crippen LogP contribution < -0.4 is 10.2 Å². The van der Waals surface area contributed by atoms with E-state index in [9.17, 15) is 9.18 Å². The number of benzene rings is 3. The van der Waals surface area contributed by atoms with Crippen LogP contribution in [0, 0.1) is 12.7 Å². The van der Waals surface area contributed by atoms with Gasteiger partial charge in [-0.05, 0) is 49.2 Å². The average Bonchev–Trinajstić information content (AvgIpc) is 3.31. The lowest BCUT2D eigenvalue weighted by atomic mass is 9.94. The topological polar surface area (TPSA) is 71.3 Å². The first-order valence-corrected chi connectivity index (χ1v) is 11.0. The molecule has 34 heavy (non-hydrogen) atoms. The van der Waals surface area contributed by atoms with Gasteiger partial charge in [0, 0.05) is 16.3 Å². The Hall–Kier alpha value is -3.97. The zero-order valence-corrected chi connectivity index (χ0v) is 19.2. The minimum atomic E-state index is -0.596. The van der Waals surface area contributed by atoms with Crippen molar-refractivity contribution >= 4 is 28.9 Å². The Bertz CT molecular complexity index is 1420. The zero-order valence-electron chi connectivity index (χ0n) is 18.4. The number of hydrogen-bond donors (Lipinski definition) is 1. The molecule has 6 nitrogen and oxygen atoms in total. The predicted octanol–water partition coefficient (Wildman–Crippen LogP) is 6.54. The summed E-state index contributed by atoms with van der Waals surface area (Å²) in [6.45, 7) is 3.44. The number of anilines is 1. The highest BCUT2D eigenvalue weighted by molar-refractivity contribution is 6.30. The lowest BCUT2D eigenvalue weighted by Crippen LogP contribution is -2.46. The Kier molecular flexibility index (Phi) is 5.63. The number of amides is 2. The van der Waals surface area contributed by atoms with E-state index in [0.29, 0.717) is 33.4 Å². The maximum absolute atomic E-state index is 14.4. The quantitative estimate of drug-likeness (QED) is 0.364. The van der Waals surface area contributed by atoms with E-state index in [1.54, 1.807) is 38.1 Å². The number of halogens is 2. The second-order valence-corrected chi connectivity index (χ2v) is 8.43. The molecule has 170 valence electrons. The fourth-order valence-corrected chi connectivity index (χ4v) is 4.22. The van der Waals surface area contributed by atoms with Crippen LogP contribution in [0.25, 0.3) is 17.0 Å². The number of urea groups is 1. The van der Waals surface area contributed by atoms with E-state index in [0.717, 1.165) is 11.1 Å². The van der Waals surface area contributed by atoms with Crippen molar-refractivity contribution in [2.75, 3.05) is 4.90 Å². The van der Waals surface area contributed by atoms with Crippen molar-refractivity contribution < 1.29 is 13.7 Å². The zero-order chi connectivity index (χ0) is 23.8. The van der Waals surface area contributed by atoms with Gasteiger partial charge in [-0.3, -0.25) is 4.90 Å². The van der Waals surface area contributed by atoms with Gasteiger partial charge in [0.15, 0.2) is 0 Å². The number of carbonyl (C=O) groups is 1. The molecule has 0 saturated carbocycles. The summed E-state index contributed by atoms with van der Waals surface area (Å²) in [7, 11) is 0. The molecule has 2 amide bonds. The fraction of sp³-hybridized carbons (Fsp3) is 0.115. The summed E-state index contributed by atoms with van der Waals surface area (Å²) < 4.78 is 20.0. The van der Waals surface area contributed by atoms with Crippen molar-refractivity contribution in [2.24, 2.45) is 0 Å².